The summed E-state index contributed by atoms with van der Waals surface area (Å²) in [5, 5.41) is 3.68. The molecule has 0 saturated carbocycles. The Balaban J connectivity index is 1.33. The van der Waals surface area contributed by atoms with Crippen LogP contribution in [0.15, 0.2) is 48.5 Å². The van der Waals surface area contributed by atoms with Crippen molar-refractivity contribution in [3.05, 3.63) is 59.7 Å². The molecule has 0 spiro atoms. The fourth-order valence-electron chi connectivity index (χ4n) is 3.58. The van der Waals surface area contributed by atoms with Crippen molar-refractivity contribution in [3.63, 3.8) is 0 Å². The first-order valence-corrected chi connectivity index (χ1v) is 10.3. The summed E-state index contributed by atoms with van der Waals surface area (Å²) in [6, 6.07) is 12.9. The average molecular weight is 419 g/mol. The maximum atomic E-state index is 13.1. The molecule has 152 valence electrons. The number of fused-ring (bicyclic) bond motifs is 1. The smallest absolute Gasteiger partial charge is 0.352 e. The molecule has 8 heteroatoms. The van der Waals surface area contributed by atoms with Crippen LogP contribution in [0.1, 0.15) is 28.8 Å². The maximum absolute atomic E-state index is 13.1. The molecule has 1 aliphatic rings. The normalized spacial score (nSPS) is 15.6. The van der Waals surface area contributed by atoms with Crippen molar-refractivity contribution in [3.8, 4) is 0 Å². The number of hydrogen-bond acceptors (Lipinski definition) is 4. The minimum atomic E-state index is -4.55. The predicted octanol–water partition coefficient (Wildman–Crippen LogP) is 4.96. The summed E-state index contributed by atoms with van der Waals surface area (Å²) in [6.45, 7) is 2.01. The van der Waals surface area contributed by atoms with E-state index in [1.807, 2.05) is 18.2 Å². The third kappa shape index (κ3) is 4.37. The fourth-order valence-corrected chi connectivity index (χ4v) is 4.60. The largest absolute Gasteiger partial charge is 0.417 e. The molecule has 0 unspecified atom stereocenters. The number of nitrogens with one attached hydrogen (secondary N) is 1. The lowest BCUT2D eigenvalue weighted by Crippen LogP contribution is -2.39. The Hall–Kier alpha value is -2.61. The van der Waals surface area contributed by atoms with Crippen molar-refractivity contribution < 1.29 is 18.0 Å². The van der Waals surface area contributed by atoms with Crippen LogP contribution in [-0.2, 0) is 6.18 Å². The first-order valence-electron chi connectivity index (χ1n) is 9.47. The van der Waals surface area contributed by atoms with Gasteiger partial charge in [0.2, 0.25) is 0 Å². The zero-order valence-electron chi connectivity index (χ0n) is 15.6. The summed E-state index contributed by atoms with van der Waals surface area (Å²) in [7, 11) is 0. The van der Waals surface area contributed by atoms with Crippen molar-refractivity contribution in [2.45, 2.75) is 19.0 Å². The molecular formula is C21H20F3N3OS. The van der Waals surface area contributed by atoms with Crippen molar-refractivity contribution in [2.75, 3.05) is 24.5 Å². The molecule has 3 aromatic rings. The highest BCUT2D eigenvalue weighted by molar-refractivity contribution is 7.22. The highest BCUT2D eigenvalue weighted by atomic mass is 32.1. The number of thiazole rings is 1. The Morgan fingerprint density at radius 1 is 1.10 bits per heavy atom. The topological polar surface area (TPSA) is 45.2 Å². The second-order valence-corrected chi connectivity index (χ2v) is 8.16. The molecule has 2 aromatic carbocycles. The molecule has 0 aliphatic carbocycles. The number of anilines is 1. The number of alkyl halides is 3. The maximum Gasteiger partial charge on any atom is 0.417 e. The molecule has 1 fully saturated rings. The van der Waals surface area contributed by atoms with E-state index in [2.05, 4.69) is 21.3 Å². The van der Waals surface area contributed by atoms with Gasteiger partial charge < -0.3 is 10.2 Å². The fraction of sp³-hybridized carbons (Fsp3) is 0.333. The number of aromatic nitrogens is 1. The molecule has 29 heavy (non-hydrogen) atoms. The summed E-state index contributed by atoms with van der Waals surface area (Å²) < 4.78 is 40.4. The van der Waals surface area contributed by atoms with Crippen LogP contribution in [0.5, 0.6) is 0 Å². The van der Waals surface area contributed by atoms with Gasteiger partial charge in [0.15, 0.2) is 5.13 Å². The van der Waals surface area contributed by atoms with Crippen LogP contribution in [0, 0.1) is 5.92 Å². The van der Waals surface area contributed by atoms with Crippen LogP contribution in [-0.4, -0.2) is 30.5 Å². The van der Waals surface area contributed by atoms with Crippen molar-refractivity contribution in [2.24, 2.45) is 5.92 Å². The number of para-hydroxylation sites is 1. The number of halogens is 3. The van der Waals surface area contributed by atoms with E-state index in [4.69, 9.17) is 0 Å². The molecule has 0 bridgehead atoms. The standard InChI is InChI=1S/C21H20F3N3OS/c22-21(23,24)16-6-2-1-5-15(16)19(28)25-13-14-9-11-27(12-10-14)20-26-17-7-3-4-8-18(17)29-20/h1-8,14H,9-13H2,(H,25,28). The molecule has 1 aromatic heterocycles. The highest BCUT2D eigenvalue weighted by Crippen LogP contribution is 2.33. The van der Waals surface area contributed by atoms with Crippen molar-refractivity contribution in [1.29, 1.82) is 0 Å². The first kappa shape index (κ1) is 19.7. The van der Waals surface area contributed by atoms with Crippen LogP contribution in [0.2, 0.25) is 0 Å². The minimum absolute atomic E-state index is 0.239. The summed E-state index contributed by atoms with van der Waals surface area (Å²) in [5.41, 5.74) is -0.236. The van der Waals surface area contributed by atoms with Crippen molar-refractivity contribution >= 4 is 32.6 Å². The van der Waals surface area contributed by atoms with E-state index in [9.17, 15) is 18.0 Å². The molecular weight excluding hydrogens is 399 g/mol. The molecule has 1 saturated heterocycles. The van der Waals surface area contributed by atoms with Gasteiger partial charge in [-0.05, 0) is 43.0 Å². The van der Waals surface area contributed by atoms with E-state index in [-0.39, 0.29) is 11.5 Å². The summed E-state index contributed by atoms with van der Waals surface area (Å²) in [6.07, 6.45) is -2.83. The summed E-state index contributed by atoms with van der Waals surface area (Å²) in [4.78, 5) is 19.2. The molecule has 1 N–H and O–H groups in total. The predicted molar refractivity (Wildman–Crippen MR) is 108 cm³/mol. The van der Waals surface area contributed by atoms with Crippen LogP contribution in [0.3, 0.4) is 0 Å². The quantitative estimate of drug-likeness (QED) is 0.650. The molecule has 0 radical (unpaired) electrons. The van der Waals surface area contributed by atoms with Gasteiger partial charge in [-0.2, -0.15) is 13.2 Å². The van der Waals surface area contributed by atoms with Gasteiger partial charge in [-0.25, -0.2) is 4.98 Å². The van der Waals surface area contributed by atoms with Crippen LogP contribution in [0.4, 0.5) is 18.3 Å². The lowest BCUT2D eigenvalue weighted by molar-refractivity contribution is -0.137. The van der Waals surface area contributed by atoms with E-state index >= 15 is 0 Å². The molecule has 4 nitrogen and oxygen atoms in total. The number of nitrogens with zero attached hydrogens (tertiary/aromatic N) is 2. The zero-order valence-corrected chi connectivity index (χ0v) is 16.4. The van der Waals surface area contributed by atoms with Crippen molar-refractivity contribution in [1.82, 2.24) is 10.3 Å². The van der Waals surface area contributed by atoms with Gasteiger partial charge in [0, 0.05) is 19.6 Å². The number of carbonyl (C=O) groups is 1. The third-order valence-electron chi connectivity index (χ3n) is 5.20. The van der Waals surface area contributed by atoms with Gasteiger partial charge in [-0.3, -0.25) is 4.79 Å². The van der Waals surface area contributed by atoms with E-state index in [0.717, 1.165) is 47.3 Å². The van der Waals surface area contributed by atoms with Gasteiger partial charge in [-0.1, -0.05) is 35.6 Å². The molecule has 4 rings (SSSR count). The minimum Gasteiger partial charge on any atom is -0.352 e. The lowest BCUT2D eigenvalue weighted by Gasteiger charge is -2.31. The van der Waals surface area contributed by atoms with Crippen LogP contribution >= 0.6 is 11.3 Å². The first-order chi connectivity index (χ1) is 13.9. The number of piperidine rings is 1. The Kier molecular flexibility index (Phi) is 5.45. The number of hydrogen-bond donors (Lipinski definition) is 1. The van der Waals surface area contributed by atoms with Crippen LogP contribution in [0.25, 0.3) is 10.2 Å². The monoisotopic (exact) mass is 419 g/mol. The second-order valence-electron chi connectivity index (χ2n) is 7.15. The summed E-state index contributed by atoms with van der Waals surface area (Å²) >= 11 is 1.66. The number of benzene rings is 2. The summed E-state index contributed by atoms with van der Waals surface area (Å²) in [5.74, 6) is -0.436. The molecule has 1 aliphatic heterocycles. The zero-order chi connectivity index (χ0) is 20.4. The Morgan fingerprint density at radius 3 is 2.52 bits per heavy atom. The van der Waals surface area contributed by atoms with Gasteiger partial charge >= 0.3 is 6.18 Å². The number of amides is 1. The number of carbonyl (C=O) groups excluding carboxylic acids is 1. The third-order valence-corrected chi connectivity index (χ3v) is 6.29. The Morgan fingerprint density at radius 2 is 1.79 bits per heavy atom. The van der Waals surface area contributed by atoms with E-state index in [1.165, 1.54) is 18.2 Å². The SMILES string of the molecule is O=C(NCC1CCN(c2nc3ccccc3s2)CC1)c1ccccc1C(F)(F)F. The van der Waals surface area contributed by atoms with Gasteiger partial charge in [0.05, 0.1) is 21.3 Å². The van der Waals surface area contributed by atoms with Crippen LogP contribution < -0.4 is 10.2 Å². The van der Waals surface area contributed by atoms with Gasteiger partial charge in [0.25, 0.3) is 5.91 Å². The van der Waals surface area contributed by atoms with Gasteiger partial charge in [-0.15, -0.1) is 0 Å². The van der Waals surface area contributed by atoms with Gasteiger partial charge in [0.1, 0.15) is 0 Å². The number of rotatable bonds is 4. The molecule has 1 amide bonds. The molecule has 2 heterocycles. The Labute approximate surface area is 170 Å². The van der Waals surface area contributed by atoms with E-state index in [0.29, 0.717) is 6.54 Å². The molecule has 0 atom stereocenters. The Bertz CT molecular complexity index is 977. The lowest BCUT2D eigenvalue weighted by atomic mass is 9.97. The second kappa shape index (κ2) is 8.02. The van der Waals surface area contributed by atoms with E-state index in [1.54, 1.807) is 11.3 Å². The average Bonchev–Trinajstić information content (AvgIpc) is 3.16. The highest BCUT2D eigenvalue weighted by Gasteiger charge is 2.35. The van der Waals surface area contributed by atoms with E-state index < -0.39 is 17.6 Å².